The van der Waals surface area contributed by atoms with Crippen LogP contribution in [0.2, 0.25) is 0 Å². The van der Waals surface area contributed by atoms with E-state index >= 15 is 0 Å². The van der Waals surface area contributed by atoms with Crippen molar-refractivity contribution in [2.24, 2.45) is 0 Å². The molecule has 1 aliphatic rings. The molecule has 1 N–H and O–H groups in total. The fourth-order valence-corrected chi connectivity index (χ4v) is 3.02. The largest absolute Gasteiger partial charge is 0.454 e. The van der Waals surface area contributed by atoms with Crippen LogP contribution in [0.15, 0.2) is 66.9 Å². The van der Waals surface area contributed by atoms with Gasteiger partial charge in [0.1, 0.15) is 0 Å². The maximum Gasteiger partial charge on any atom is 0.231 e. The fourth-order valence-electron chi connectivity index (χ4n) is 3.02. The molecule has 0 spiro atoms. The standard InChI is InChI=1S/C21H20N2O2/c1-2-11-23-19(8-1)18-7-3-5-16(13-18)14-22-12-10-17-6-4-9-20-21(17)25-15-24-20/h1-9,11,13,22H,10,12,14-15H2. The Morgan fingerprint density at radius 1 is 0.960 bits per heavy atom. The first-order valence-corrected chi connectivity index (χ1v) is 8.49. The molecule has 3 aromatic rings. The van der Waals surface area contributed by atoms with Crippen molar-refractivity contribution in [3.63, 3.8) is 0 Å². The summed E-state index contributed by atoms with van der Waals surface area (Å²) in [5.41, 5.74) is 4.58. The summed E-state index contributed by atoms with van der Waals surface area (Å²) in [7, 11) is 0. The van der Waals surface area contributed by atoms with Crippen molar-refractivity contribution in [1.82, 2.24) is 10.3 Å². The van der Waals surface area contributed by atoms with Gasteiger partial charge in [-0.3, -0.25) is 4.98 Å². The van der Waals surface area contributed by atoms with Crippen LogP contribution in [0.4, 0.5) is 0 Å². The maximum atomic E-state index is 5.55. The summed E-state index contributed by atoms with van der Waals surface area (Å²) in [6.45, 7) is 2.03. The van der Waals surface area contributed by atoms with Crippen molar-refractivity contribution in [3.8, 4) is 22.8 Å². The third-order valence-electron chi connectivity index (χ3n) is 4.27. The van der Waals surface area contributed by atoms with Crippen LogP contribution in [0.3, 0.4) is 0 Å². The highest BCUT2D eigenvalue weighted by molar-refractivity contribution is 5.59. The highest BCUT2D eigenvalue weighted by atomic mass is 16.7. The molecule has 0 amide bonds. The second-order valence-corrected chi connectivity index (χ2v) is 5.99. The molecule has 4 heteroatoms. The number of nitrogens with one attached hydrogen (secondary N) is 1. The molecule has 0 saturated carbocycles. The van der Waals surface area contributed by atoms with E-state index in [2.05, 4.69) is 40.6 Å². The molecule has 2 heterocycles. The molecule has 0 atom stereocenters. The minimum Gasteiger partial charge on any atom is -0.454 e. The van der Waals surface area contributed by atoms with Gasteiger partial charge in [-0.2, -0.15) is 0 Å². The van der Waals surface area contributed by atoms with Crippen molar-refractivity contribution in [2.45, 2.75) is 13.0 Å². The van der Waals surface area contributed by atoms with Gasteiger partial charge in [-0.15, -0.1) is 0 Å². The minimum absolute atomic E-state index is 0.320. The van der Waals surface area contributed by atoms with E-state index in [-0.39, 0.29) is 0 Å². The summed E-state index contributed by atoms with van der Waals surface area (Å²) in [6.07, 6.45) is 2.73. The smallest absolute Gasteiger partial charge is 0.231 e. The van der Waals surface area contributed by atoms with Gasteiger partial charge >= 0.3 is 0 Å². The second-order valence-electron chi connectivity index (χ2n) is 5.99. The lowest BCUT2D eigenvalue weighted by atomic mass is 10.1. The van der Waals surface area contributed by atoms with E-state index in [0.29, 0.717) is 6.79 Å². The van der Waals surface area contributed by atoms with Gasteiger partial charge in [0, 0.05) is 18.3 Å². The van der Waals surface area contributed by atoms with E-state index in [4.69, 9.17) is 9.47 Å². The quantitative estimate of drug-likeness (QED) is 0.697. The number of hydrogen-bond donors (Lipinski definition) is 1. The van der Waals surface area contributed by atoms with Crippen molar-refractivity contribution in [3.05, 3.63) is 78.0 Å². The molecule has 0 unspecified atom stereocenters. The average Bonchev–Trinajstić information content (AvgIpc) is 3.16. The van der Waals surface area contributed by atoms with Gasteiger partial charge in [-0.25, -0.2) is 0 Å². The topological polar surface area (TPSA) is 43.4 Å². The normalized spacial score (nSPS) is 12.3. The van der Waals surface area contributed by atoms with Crippen LogP contribution in [0, 0.1) is 0 Å². The molecule has 2 aromatic carbocycles. The number of benzene rings is 2. The van der Waals surface area contributed by atoms with Gasteiger partial charge in [0.2, 0.25) is 6.79 Å². The summed E-state index contributed by atoms with van der Waals surface area (Å²) >= 11 is 0. The third kappa shape index (κ3) is 3.64. The zero-order valence-electron chi connectivity index (χ0n) is 13.9. The van der Waals surface area contributed by atoms with Crippen LogP contribution < -0.4 is 14.8 Å². The molecule has 4 nitrogen and oxygen atoms in total. The Hall–Kier alpha value is -2.85. The van der Waals surface area contributed by atoms with Crippen LogP contribution >= 0.6 is 0 Å². The average molecular weight is 332 g/mol. The lowest BCUT2D eigenvalue weighted by Crippen LogP contribution is -2.16. The molecule has 25 heavy (non-hydrogen) atoms. The van der Waals surface area contributed by atoms with E-state index in [1.54, 1.807) is 0 Å². The molecule has 4 rings (SSSR count). The Morgan fingerprint density at radius 3 is 2.84 bits per heavy atom. The summed E-state index contributed by atoms with van der Waals surface area (Å²) in [6, 6.07) is 20.5. The Kier molecular flexibility index (Phi) is 4.61. The molecule has 126 valence electrons. The van der Waals surface area contributed by atoms with E-state index in [0.717, 1.165) is 42.3 Å². The van der Waals surface area contributed by atoms with Gasteiger partial charge in [-0.1, -0.05) is 36.4 Å². The number of nitrogens with zero attached hydrogens (tertiary/aromatic N) is 1. The maximum absolute atomic E-state index is 5.55. The van der Waals surface area contributed by atoms with Crippen molar-refractivity contribution in [1.29, 1.82) is 0 Å². The third-order valence-corrected chi connectivity index (χ3v) is 4.27. The van der Waals surface area contributed by atoms with Gasteiger partial charge in [0.25, 0.3) is 0 Å². The van der Waals surface area contributed by atoms with Crippen molar-refractivity contribution >= 4 is 0 Å². The molecule has 1 aliphatic heterocycles. The van der Waals surface area contributed by atoms with Crippen LogP contribution in [0.1, 0.15) is 11.1 Å². The number of pyridine rings is 1. The molecule has 0 bridgehead atoms. The van der Waals surface area contributed by atoms with Crippen LogP contribution in [-0.2, 0) is 13.0 Å². The fraction of sp³-hybridized carbons (Fsp3) is 0.190. The lowest BCUT2D eigenvalue weighted by molar-refractivity contribution is 0.173. The number of ether oxygens (including phenoxy) is 2. The summed E-state index contributed by atoms with van der Waals surface area (Å²) < 4.78 is 11.0. The Labute approximate surface area is 147 Å². The van der Waals surface area contributed by atoms with E-state index in [1.807, 2.05) is 36.5 Å². The van der Waals surface area contributed by atoms with Gasteiger partial charge < -0.3 is 14.8 Å². The van der Waals surface area contributed by atoms with Crippen LogP contribution in [-0.4, -0.2) is 18.3 Å². The highest BCUT2D eigenvalue weighted by Crippen LogP contribution is 2.35. The van der Waals surface area contributed by atoms with E-state index in [1.165, 1.54) is 11.1 Å². The lowest BCUT2D eigenvalue weighted by Gasteiger charge is -2.08. The Balaban J connectivity index is 1.34. The molecular weight excluding hydrogens is 312 g/mol. The molecule has 0 saturated heterocycles. The summed E-state index contributed by atoms with van der Waals surface area (Å²) in [5.74, 6) is 1.74. The van der Waals surface area contributed by atoms with Gasteiger partial charge in [-0.05, 0) is 48.4 Å². The molecule has 0 fully saturated rings. The first-order valence-electron chi connectivity index (χ1n) is 8.49. The number of aromatic nitrogens is 1. The summed E-state index contributed by atoms with van der Waals surface area (Å²) in [5, 5.41) is 3.50. The van der Waals surface area contributed by atoms with Gasteiger partial charge in [0.15, 0.2) is 11.5 Å². The highest BCUT2D eigenvalue weighted by Gasteiger charge is 2.16. The first kappa shape index (κ1) is 15.7. The predicted molar refractivity (Wildman–Crippen MR) is 97.6 cm³/mol. The van der Waals surface area contributed by atoms with Crippen molar-refractivity contribution in [2.75, 3.05) is 13.3 Å². The van der Waals surface area contributed by atoms with E-state index in [9.17, 15) is 0 Å². The first-order chi connectivity index (χ1) is 12.4. The summed E-state index contributed by atoms with van der Waals surface area (Å²) in [4.78, 5) is 4.41. The molecule has 0 radical (unpaired) electrons. The van der Waals surface area contributed by atoms with Crippen LogP contribution in [0.25, 0.3) is 11.3 Å². The Morgan fingerprint density at radius 2 is 1.92 bits per heavy atom. The monoisotopic (exact) mass is 332 g/mol. The zero-order valence-corrected chi connectivity index (χ0v) is 13.9. The number of fused-ring (bicyclic) bond motifs is 1. The number of hydrogen-bond acceptors (Lipinski definition) is 4. The van der Waals surface area contributed by atoms with Crippen molar-refractivity contribution < 1.29 is 9.47 Å². The van der Waals surface area contributed by atoms with Gasteiger partial charge in [0.05, 0.1) is 5.69 Å². The Bertz CT molecular complexity index is 850. The number of para-hydroxylation sites is 1. The molecule has 1 aromatic heterocycles. The van der Waals surface area contributed by atoms with E-state index < -0.39 is 0 Å². The molecular formula is C21H20N2O2. The second kappa shape index (κ2) is 7.36. The zero-order chi connectivity index (χ0) is 16.9. The molecule has 0 aliphatic carbocycles. The number of rotatable bonds is 6. The van der Waals surface area contributed by atoms with Crippen LogP contribution in [0.5, 0.6) is 11.5 Å². The SMILES string of the molecule is c1ccc(-c2cccc(CNCCc3cccc4c3OCO4)c2)nc1. The minimum atomic E-state index is 0.320. The predicted octanol–water partition coefficient (Wildman–Crippen LogP) is 3.81.